The van der Waals surface area contributed by atoms with Gasteiger partial charge in [0.1, 0.15) is 11.5 Å². The average molecular weight is 296 g/mol. The molecule has 7 nitrogen and oxygen atoms in total. The lowest BCUT2D eigenvalue weighted by Crippen LogP contribution is -2.00. The zero-order valence-electron chi connectivity index (χ0n) is 10.2. The van der Waals surface area contributed by atoms with Gasteiger partial charge in [0, 0.05) is 6.07 Å². The van der Waals surface area contributed by atoms with E-state index in [-0.39, 0.29) is 17.7 Å². The molecular weight excluding hydrogens is 286 g/mol. The molecule has 1 aliphatic carbocycles. The molecule has 20 heavy (non-hydrogen) atoms. The van der Waals surface area contributed by atoms with Crippen LogP contribution in [0.3, 0.4) is 0 Å². The highest BCUT2D eigenvalue weighted by molar-refractivity contribution is 6.32. The third kappa shape index (κ3) is 2.67. The van der Waals surface area contributed by atoms with Gasteiger partial charge in [0.15, 0.2) is 0 Å². The van der Waals surface area contributed by atoms with Crippen LogP contribution in [0.15, 0.2) is 18.2 Å². The highest BCUT2D eigenvalue weighted by Gasteiger charge is 2.25. The fourth-order valence-electron chi connectivity index (χ4n) is 1.54. The number of ether oxygens (including phenoxy) is 2. The smallest absolute Gasteiger partial charge is 0.359 e. The van der Waals surface area contributed by atoms with E-state index >= 15 is 0 Å². The maximum Gasteiger partial charge on any atom is 0.359 e. The molecule has 1 aromatic carbocycles. The number of hydrogen-bond acceptors (Lipinski definition) is 5. The number of aromatic nitrogens is 3. The van der Waals surface area contributed by atoms with Crippen LogP contribution in [0.4, 0.5) is 0 Å². The van der Waals surface area contributed by atoms with Gasteiger partial charge in [-0.3, -0.25) is 0 Å². The number of aromatic amines is 1. The molecule has 0 unspecified atom stereocenters. The Morgan fingerprint density at radius 3 is 2.95 bits per heavy atom. The Balaban J connectivity index is 1.83. The van der Waals surface area contributed by atoms with Gasteiger partial charge in [-0.15, -0.1) is 0 Å². The first-order valence-corrected chi connectivity index (χ1v) is 6.29. The van der Waals surface area contributed by atoms with Crippen LogP contribution in [-0.2, 0) is 0 Å². The number of nitrogens with one attached hydrogen (secondary N) is 1. The largest absolute Gasteiger partial charge is 0.489 e. The molecule has 8 heteroatoms. The van der Waals surface area contributed by atoms with E-state index in [1.54, 1.807) is 18.2 Å². The Morgan fingerprint density at radius 2 is 2.25 bits per heavy atom. The Morgan fingerprint density at radius 1 is 1.45 bits per heavy atom. The van der Waals surface area contributed by atoms with Crippen molar-refractivity contribution in [3.8, 4) is 17.4 Å². The van der Waals surface area contributed by atoms with Gasteiger partial charge in [0.2, 0.25) is 5.69 Å². The molecule has 0 saturated heterocycles. The van der Waals surface area contributed by atoms with E-state index in [0.29, 0.717) is 16.5 Å². The first-order valence-electron chi connectivity index (χ1n) is 5.92. The van der Waals surface area contributed by atoms with Crippen LogP contribution in [0.5, 0.6) is 17.4 Å². The zero-order chi connectivity index (χ0) is 14.1. The van der Waals surface area contributed by atoms with Gasteiger partial charge in [0.25, 0.3) is 5.88 Å². The van der Waals surface area contributed by atoms with Gasteiger partial charge in [-0.2, -0.15) is 0 Å². The molecule has 0 amide bonds. The monoisotopic (exact) mass is 295 g/mol. The fourth-order valence-corrected chi connectivity index (χ4v) is 1.71. The summed E-state index contributed by atoms with van der Waals surface area (Å²) in [5.41, 5.74) is -0.218. The summed E-state index contributed by atoms with van der Waals surface area (Å²) in [5, 5.41) is 18.6. The van der Waals surface area contributed by atoms with Gasteiger partial charge >= 0.3 is 5.97 Å². The van der Waals surface area contributed by atoms with Crippen molar-refractivity contribution < 1.29 is 19.4 Å². The minimum atomic E-state index is -1.20. The molecule has 0 spiro atoms. The highest BCUT2D eigenvalue weighted by Crippen LogP contribution is 2.35. The molecule has 1 saturated carbocycles. The number of carboxylic acids is 1. The molecule has 3 rings (SSSR count). The number of carboxylic acid groups (broad SMARTS) is 1. The summed E-state index contributed by atoms with van der Waals surface area (Å²) >= 11 is 6.02. The number of nitrogens with zero attached hydrogens (tertiary/aromatic N) is 2. The van der Waals surface area contributed by atoms with E-state index in [1.807, 2.05) is 0 Å². The average Bonchev–Trinajstić information content (AvgIpc) is 3.09. The number of rotatable bonds is 5. The summed E-state index contributed by atoms with van der Waals surface area (Å²) in [7, 11) is 0. The lowest BCUT2D eigenvalue weighted by Gasteiger charge is -2.09. The van der Waals surface area contributed by atoms with Crippen molar-refractivity contribution in [3.05, 3.63) is 28.9 Å². The van der Waals surface area contributed by atoms with Crippen molar-refractivity contribution in [2.45, 2.75) is 18.9 Å². The van der Waals surface area contributed by atoms with Crippen molar-refractivity contribution in [1.82, 2.24) is 15.4 Å². The molecule has 0 radical (unpaired) electrons. The quantitative estimate of drug-likeness (QED) is 0.879. The molecule has 1 aliphatic rings. The number of benzene rings is 1. The van der Waals surface area contributed by atoms with Crippen LogP contribution in [0.25, 0.3) is 0 Å². The predicted molar refractivity (Wildman–Crippen MR) is 68.5 cm³/mol. The van der Waals surface area contributed by atoms with Crippen molar-refractivity contribution in [1.29, 1.82) is 0 Å². The zero-order valence-corrected chi connectivity index (χ0v) is 10.9. The molecule has 1 heterocycles. The minimum absolute atomic E-state index is 0.114. The van der Waals surface area contributed by atoms with Crippen LogP contribution in [0, 0.1) is 0 Å². The lowest BCUT2D eigenvalue weighted by atomic mass is 10.3. The third-order valence-corrected chi connectivity index (χ3v) is 2.98. The standard InChI is InChI=1S/C12H10ClN3O4/c13-8-4-3-7(5-9(8)19-6-1-2-6)20-11-10(12(17)18)14-16-15-11/h3-6H,1-2H2,(H,17,18)(H,14,15,16). The van der Waals surface area contributed by atoms with Gasteiger partial charge in [-0.25, -0.2) is 9.89 Å². The van der Waals surface area contributed by atoms with E-state index in [1.165, 1.54) is 0 Å². The Kier molecular flexibility index (Phi) is 3.19. The second-order valence-corrected chi connectivity index (χ2v) is 4.72. The van der Waals surface area contributed by atoms with Crippen LogP contribution in [0.2, 0.25) is 5.02 Å². The van der Waals surface area contributed by atoms with Gasteiger partial charge in [0.05, 0.1) is 11.1 Å². The van der Waals surface area contributed by atoms with Gasteiger partial charge in [-0.1, -0.05) is 21.9 Å². The second-order valence-electron chi connectivity index (χ2n) is 4.31. The Labute approximate surface area is 118 Å². The summed E-state index contributed by atoms with van der Waals surface area (Å²) < 4.78 is 11.0. The third-order valence-electron chi connectivity index (χ3n) is 2.67. The van der Waals surface area contributed by atoms with Gasteiger partial charge in [-0.05, 0) is 25.0 Å². The normalized spacial score (nSPS) is 14.1. The first kappa shape index (κ1) is 12.7. The Hall–Kier alpha value is -2.28. The number of H-pyrrole nitrogens is 1. The van der Waals surface area contributed by atoms with E-state index < -0.39 is 5.97 Å². The number of carbonyl (C=O) groups is 1. The van der Waals surface area contributed by atoms with Crippen molar-refractivity contribution in [2.24, 2.45) is 0 Å². The maximum absolute atomic E-state index is 10.9. The van der Waals surface area contributed by atoms with Gasteiger partial charge < -0.3 is 14.6 Å². The molecule has 1 aromatic heterocycles. The predicted octanol–water partition coefficient (Wildman–Crippen LogP) is 2.49. The van der Waals surface area contributed by atoms with E-state index in [9.17, 15) is 4.79 Å². The summed E-state index contributed by atoms with van der Waals surface area (Å²) in [6.45, 7) is 0. The molecule has 0 atom stereocenters. The summed E-state index contributed by atoms with van der Waals surface area (Å²) in [5.74, 6) is -0.431. The van der Waals surface area contributed by atoms with E-state index in [2.05, 4.69) is 15.4 Å². The molecule has 2 aromatic rings. The van der Waals surface area contributed by atoms with Crippen molar-refractivity contribution in [2.75, 3.05) is 0 Å². The molecule has 1 fully saturated rings. The highest BCUT2D eigenvalue weighted by atomic mass is 35.5. The topological polar surface area (TPSA) is 97.3 Å². The first-order chi connectivity index (χ1) is 9.63. The molecule has 0 aliphatic heterocycles. The fraction of sp³-hybridized carbons (Fsp3) is 0.250. The van der Waals surface area contributed by atoms with Crippen LogP contribution in [-0.4, -0.2) is 32.6 Å². The van der Waals surface area contributed by atoms with Crippen LogP contribution in [0.1, 0.15) is 23.3 Å². The number of aromatic carboxylic acids is 1. The summed E-state index contributed by atoms with van der Waals surface area (Å²) in [6, 6.07) is 4.82. The molecule has 0 bridgehead atoms. The molecular formula is C12H10ClN3O4. The summed E-state index contributed by atoms with van der Waals surface area (Å²) in [6.07, 6.45) is 2.21. The SMILES string of the molecule is O=C(O)c1[nH]nnc1Oc1ccc(Cl)c(OC2CC2)c1. The minimum Gasteiger partial charge on any atom is -0.489 e. The lowest BCUT2D eigenvalue weighted by molar-refractivity contribution is 0.0687. The summed E-state index contributed by atoms with van der Waals surface area (Å²) in [4.78, 5) is 10.9. The number of halogens is 1. The second kappa shape index (κ2) is 5.01. The van der Waals surface area contributed by atoms with E-state index in [0.717, 1.165) is 12.8 Å². The Bertz CT molecular complexity index is 654. The molecule has 104 valence electrons. The number of hydrogen-bond donors (Lipinski definition) is 2. The molecule has 2 N–H and O–H groups in total. The van der Waals surface area contributed by atoms with Crippen molar-refractivity contribution >= 4 is 17.6 Å². The van der Waals surface area contributed by atoms with Crippen LogP contribution >= 0.6 is 11.6 Å². The van der Waals surface area contributed by atoms with Crippen LogP contribution < -0.4 is 9.47 Å². The maximum atomic E-state index is 10.9. The van der Waals surface area contributed by atoms with Crippen molar-refractivity contribution in [3.63, 3.8) is 0 Å². The van der Waals surface area contributed by atoms with E-state index in [4.69, 9.17) is 26.2 Å².